The Bertz CT molecular complexity index is 1120. The van der Waals surface area contributed by atoms with Gasteiger partial charge in [-0.3, -0.25) is 0 Å². The van der Waals surface area contributed by atoms with Crippen LogP contribution in [-0.4, -0.2) is 7.11 Å². The average Bonchev–Trinajstić information content (AvgIpc) is 2.72. The molecule has 4 rings (SSSR count). The summed E-state index contributed by atoms with van der Waals surface area (Å²) >= 11 is 1.54. The van der Waals surface area contributed by atoms with Gasteiger partial charge in [0.15, 0.2) is 0 Å². The zero-order valence-corrected chi connectivity index (χ0v) is 15.5. The van der Waals surface area contributed by atoms with Crippen molar-refractivity contribution in [2.45, 2.75) is 9.79 Å². The second-order valence-corrected chi connectivity index (χ2v) is 6.94. The highest BCUT2D eigenvalue weighted by molar-refractivity contribution is 7.99. The number of hydrogen-bond acceptors (Lipinski definition) is 5. The van der Waals surface area contributed by atoms with E-state index in [1.54, 1.807) is 7.11 Å². The van der Waals surface area contributed by atoms with Crippen molar-refractivity contribution in [3.8, 4) is 5.75 Å². The van der Waals surface area contributed by atoms with Crippen LogP contribution in [0.15, 0.2) is 97.9 Å². The zero-order chi connectivity index (χ0) is 18.6. The van der Waals surface area contributed by atoms with Crippen molar-refractivity contribution in [1.82, 2.24) is 0 Å². The average molecular weight is 375 g/mol. The van der Waals surface area contributed by atoms with E-state index >= 15 is 0 Å². The molecule has 4 nitrogen and oxygen atoms in total. The number of rotatable bonds is 5. The normalized spacial score (nSPS) is 10.7. The van der Waals surface area contributed by atoms with E-state index in [0.717, 1.165) is 26.6 Å². The molecule has 0 aliphatic heterocycles. The van der Waals surface area contributed by atoms with E-state index in [-0.39, 0.29) is 0 Å². The number of fused-ring (bicyclic) bond motifs is 1. The molecule has 0 radical (unpaired) electrons. The molecule has 0 aliphatic rings. The number of ether oxygens (including phenoxy) is 1. The van der Waals surface area contributed by atoms with Gasteiger partial charge in [-0.25, -0.2) is 4.79 Å². The Kier molecular flexibility index (Phi) is 4.85. The lowest BCUT2D eigenvalue weighted by Gasteiger charge is -2.13. The highest BCUT2D eigenvalue weighted by Crippen LogP contribution is 2.38. The SMILES string of the molecule is COc1ccc(Nc2c(Sc3ccccc3)c3ccccc3oc2=O)cc1. The number of anilines is 2. The fourth-order valence-electron chi connectivity index (χ4n) is 2.76. The van der Waals surface area contributed by atoms with Crippen LogP contribution >= 0.6 is 11.8 Å². The van der Waals surface area contributed by atoms with Gasteiger partial charge in [0.25, 0.3) is 0 Å². The van der Waals surface area contributed by atoms with E-state index < -0.39 is 5.63 Å². The van der Waals surface area contributed by atoms with Crippen LogP contribution in [0.5, 0.6) is 5.75 Å². The standard InChI is InChI=1S/C22H17NO3S/c1-25-16-13-11-15(12-14-16)23-20-21(27-17-7-3-2-4-8-17)18-9-5-6-10-19(18)26-22(20)24/h2-14,23H,1H3. The molecule has 3 aromatic carbocycles. The molecule has 0 saturated heterocycles. The van der Waals surface area contributed by atoms with Gasteiger partial charge in [-0.05, 0) is 42.5 Å². The van der Waals surface area contributed by atoms with Gasteiger partial charge in [0.1, 0.15) is 17.0 Å². The van der Waals surface area contributed by atoms with Crippen LogP contribution in [0.25, 0.3) is 11.0 Å². The van der Waals surface area contributed by atoms with Gasteiger partial charge in [0.2, 0.25) is 0 Å². The van der Waals surface area contributed by atoms with Gasteiger partial charge in [-0.15, -0.1) is 0 Å². The first kappa shape index (κ1) is 17.2. The Hall–Kier alpha value is -3.18. The van der Waals surface area contributed by atoms with Gasteiger partial charge < -0.3 is 14.5 Å². The molecule has 4 aromatic rings. The summed E-state index contributed by atoms with van der Waals surface area (Å²) in [6.45, 7) is 0. The molecule has 1 heterocycles. The number of methoxy groups -OCH3 is 1. The minimum atomic E-state index is -0.400. The fourth-order valence-corrected chi connectivity index (χ4v) is 3.80. The van der Waals surface area contributed by atoms with Crippen LogP contribution in [0.4, 0.5) is 11.4 Å². The molecule has 0 aliphatic carbocycles. The minimum absolute atomic E-state index is 0.400. The number of nitrogens with one attached hydrogen (secondary N) is 1. The van der Waals surface area contributed by atoms with Crippen LogP contribution in [0.3, 0.4) is 0 Å². The maximum absolute atomic E-state index is 12.7. The van der Waals surface area contributed by atoms with Crippen molar-refractivity contribution in [2.24, 2.45) is 0 Å². The van der Waals surface area contributed by atoms with Crippen molar-refractivity contribution in [1.29, 1.82) is 0 Å². The number of benzene rings is 3. The summed E-state index contributed by atoms with van der Waals surface area (Å²) in [5, 5.41) is 4.11. The van der Waals surface area contributed by atoms with E-state index in [9.17, 15) is 4.79 Å². The zero-order valence-electron chi connectivity index (χ0n) is 14.6. The first-order chi connectivity index (χ1) is 13.2. The summed E-state index contributed by atoms with van der Waals surface area (Å²) in [6.07, 6.45) is 0. The predicted molar refractivity (Wildman–Crippen MR) is 109 cm³/mol. The van der Waals surface area contributed by atoms with Crippen LogP contribution in [0.2, 0.25) is 0 Å². The smallest absolute Gasteiger partial charge is 0.361 e. The Morgan fingerprint density at radius 2 is 1.59 bits per heavy atom. The third kappa shape index (κ3) is 3.68. The van der Waals surface area contributed by atoms with E-state index in [4.69, 9.17) is 9.15 Å². The van der Waals surface area contributed by atoms with Crippen LogP contribution in [-0.2, 0) is 0 Å². The van der Waals surface area contributed by atoms with Crippen molar-refractivity contribution < 1.29 is 9.15 Å². The summed E-state index contributed by atoms with van der Waals surface area (Å²) in [5.74, 6) is 0.755. The lowest BCUT2D eigenvalue weighted by molar-refractivity contribution is 0.415. The molecular formula is C22H17NO3S. The van der Waals surface area contributed by atoms with Gasteiger partial charge in [-0.2, -0.15) is 0 Å². The maximum Gasteiger partial charge on any atom is 0.361 e. The van der Waals surface area contributed by atoms with Crippen LogP contribution in [0.1, 0.15) is 0 Å². The van der Waals surface area contributed by atoms with Crippen LogP contribution in [0, 0.1) is 0 Å². The maximum atomic E-state index is 12.7. The fraction of sp³-hybridized carbons (Fsp3) is 0.0455. The Morgan fingerprint density at radius 3 is 2.33 bits per heavy atom. The summed E-state index contributed by atoms with van der Waals surface area (Å²) in [5.41, 5.74) is 1.38. The predicted octanol–water partition coefficient (Wildman–Crippen LogP) is 5.70. The number of para-hydroxylation sites is 1. The molecular weight excluding hydrogens is 358 g/mol. The third-order valence-electron chi connectivity index (χ3n) is 4.09. The molecule has 1 N–H and O–H groups in total. The summed E-state index contributed by atoms with van der Waals surface area (Å²) in [7, 11) is 1.62. The highest BCUT2D eigenvalue weighted by Gasteiger charge is 2.16. The van der Waals surface area contributed by atoms with E-state index in [1.165, 1.54) is 11.8 Å². The summed E-state index contributed by atoms with van der Waals surface area (Å²) in [6, 6.07) is 24.9. The Morgan fingerprint density at radius 1 is 0.889 bits per heavy atom. The van der Waals surface area contributed by atoms with Crippen molar-refractivity contribution in [2.75, 3.05) is 12.4 Å². The van der Waals surface area contributed by atoms with Crippen molar-refractivity contribution in [3.05, 3.63) is 89.3 Å². The van der Waals surface area contributed by atoms with E-state index in [2.05, 4.69) is 5.32 Å². The topological polar surface area (TPSA) is 51.5 Å². The largest absolute Gasteiger partial charge is 0.497 e. The molecule has 27 heavy (non-hydrogen) atoms. The quantitative estimate of drug-likeness (QED) is 0.454. The first-order valence-electron chi connectivity index (χ1n) is 8.44. The second-order valence-electron chi connectivity index (χ2n) is 5.86. The molecule has 0 saturated carbocycles. The third-order valence-corrected chi connectivity index (χ3v) is 5.22. The second kappa shape index (κ2) is 7.60. The van der Waals surface area contributed by atoms with Gasteiger partial charge in [0, 0.05) is 16.0 Å². The molecule has 0 amide bonds. The van der Waals surface area contributed by atoms with Crippen LogP contribution < -0.4 is 15.7 Å². The molecule has 0 fully saturated rings. The van der Waals surface area contributed by atoms with Gasteiger partial charge in [-0.1, -0.05) is 48.2 Å². The molecule has 0 unspecified atom stereocenters. The molecule has 0 spiro atoms. The molecule has 134 valence electrons. The molecule has 1 aromatic heterocycles. The molecule has 0 atom stereocenters. The molecule has 5 heteroatoms. The van der Waals surface area contributed by atoms with Gasteiger partial charge >= 0.3 is 5.63 Å². The summed E-state index contributed by atoms with van der Waals surface area (Å²) < 4.78 is 10.7. The summed E-state index contributed by atoms with van der Waals surface area (Å²) in [4.78, 5) is 14.6. The Balaban J connectivity index is 1.83. The molecule has 0 bridgehead atoms. The minimum Gasteiger partial charge on any atom is -0.497 e. The lowest BCUT2D eigenvalue weighted by atomic mass is 10.2. The highest BCUT2D eigenvalue weighted by atomic mass is 32.2. The van der Waals surface area contributed by atoms with E-state index in [0.29, 0.717) is 11.3 Å². The monoisotopic (exact) mass is 375 g/mol. The van der Waals surface area contributed by atoms with Crippen molar-refractivity contribution in [3.63, 3.8) is 0 Å². The van der Waals surface area contributed by atoms with E-state index in [1.807, 2.05) is 78.9 Å². The van der Waals surface area contributed by atoms with Gasteiger partial charge in [0.05, 0.1) is 12.0 Å². The lowest BCUT2D eigenvalue weighted by Crippen LogP contribution is -2.09. The Labute approximate surface area is 160 Å². The first-order valence-corrected chi connectivity index (χ1v) is 9.26. The van der Waals surface area contributed by atoms with Crippen molar-refractivity contribution >= 4 is 34.1 Å². The number of hydrogen-bond donors (Lipinski definition) is 1.